The second kappa shape index (κ2) is 13.2. The lowest BCUT2D eigenvalue weighted by Crippen LogP contribution is -2.18. The van der Waals surface area contributed by atoms with Crippen molar-refractivity contribution in [3.05, 3.63) is 0 Å². The fourth-order valence-electron chi connectivity index (χ4n) is 1.50. The molecule has 0 spiro atoms. The lowest BCUT2D eigenvalue weighted by Gasteiger charge is -2.19. The molecule has 12 heteroatoms. The van der Waals surface area contributed by atoms with Crippen LogP contribution in [0.15, 0.2) is 20.0 Å². The number of rotatable bonds is 4. The van der Waals surface area contributed by atoms with Crippen molar-refractivity contribution in [1.29, 1.82) is 0 Å². The Kier molecular flexibility index (Phi) is 11.6. The van der Waals surface area contributed by atoms with Crippen LogP contribution in [0.25, 0.3) is 0 Å². The van der Waals surface area contributed by atoms with Crippen molar-refractivity contribution in [2.75, 3.05) is 23.0 Å². The van der Waals surface area contributed by atoms with Gasteiger partial charge in [-0.05, 0) is 0 Å². The van der Waals surface area contributed by atoms with Crippen molar-refractivity contribution in [2.24, 2.45) is 20.0 Å². The first-order valence-electron chi connectivity index (χ1n) is 6.47. The van der Waals surface area contributed by atoms with Crippen LogP contribution >= 0.6 is 47.0 Å². The van der Waals surface area contributed by atoms with Gasteiger partial charge in [0, 0.05) is 23.0 Å². The first kappa shape index (κ1) is 21.0. The van der Waals surface area contributed by atoms with E-state index in [1.807, 2.05) is 0 Å². The number of nitrogens with zero attached hydrogens (tertiary/aromatic N) is 4. The molecule has 2 aliphatic heterocycles. The maximum absolute atomic E-state index is 9.88. The van der Waals surface area contributed by atoms with Crippen LogP contribution in [-0.4, -0.2) is 68.8 Å². The second-order valence-electron chi connectivity index (χ2n) is 4.03. The highest BCUT2D eigenvalue weighted by Gasteiger charge is 2.21. The molecule has 2 heterocycles. The van der Waals surface area contributed by atoms with Crippen molar-refractivity contribution in [2.45, 2.75) is 21.5 Å². The van der Waals surface area contributed by atoms with Gasteiger partial charge in [0.1, 0.15) is 21.5 Å². The van der Waals surface area contributed by atoms with E-state index in [0.717, 1.165) is 0 Å². The molecular weight excluding hydrogens is 392 g/mol. The van der Waals surface area contributed by atoms with E-state index < -0.39 is 0 Å². The van der Waals surface area contributed by atoms with E-state index in [1.165, 1.54) is 71.4 Å². The molecule has 4 atom stereocenters. The van der Waals surface area contributed by atoms with Crippen LogP contribution in [0, 0.1) is 0 Å². The number of carbonyl (C=O) groups excluding carboxylic acids is 4. The number of hydrogen-bond donors (Lipinski definition) is 0. The Morgan fingerprint density at radius 3 is 0.833 bits per heavy atom. The number of thioether (sulfide) groups is 4. The molecule has 24 heavy (non-hydrogen) atoms. The van der Waals surface area contributed by atoms with Crippen molar-refractivity contribution >= 4 is 71.4 Å². The Morgan fingerprint density at radius 1 is 0.500 bits per heavy atom. The normalized spacial score (nSPS) is 28.3. The first-order valence-corrected chi connectivity index (χ1v) is 10.7. The molecule has 0 aromatic heterocycles. The molecule has 0 aliphatic carbocycles. The Hall–Kier alpha value is -1.08. The van der Waals surface area contributed by atoms with Gasteiger partial charge in [0.15, 0.2) is 0 Å². The molecule has 0 aromatic rings. The van der Waals surface area contributed by atoms with Gasteiger partial charge in [-0.3, -0.25) is 0 Å². The fraction of sp³-hybridized carbons (Fsp3) is 0.667. The zero-order chi connectivity index (χ0) is 17.6. The molecule has 0 saturated carbocycles. The average molecular weight is 405 g/mol. The van der Waals surface area contributed by atoms with Gasteiger partial charge < -0.3 is 0 Å². The molecule has 0 amide bonds. The molecule has 128 valence electrons. The second-order valence-corrected chi connectivity index (χ2v) is 8.88. The molecule has 0 bridgehead atoms. The van der Waals surface area contributed by atoms with E-state index >= 15 is 0 Å². The first-order chi connectivity index (χ1) is 11.7. The molecular formula is C12H12N4O4S4. The van der Waals surface area contributed by atoms with E-state index in [2.05, 4.69) is 20.0 Å². The van der Waals surface area contributed by atoms with Gasteiger partial charge in [0.05, 0.1) is 0 Å². The minimum atomic E-state index is -0.0226. The highest BCUT2D eigenvalue weighted by atomic mass is 32.2. The minimum absolute atomic E-state index is 0.0226. The summed E-state index contributed by atoms with van der Waals surface area (Å²) in [4.78, 5) is 53.8. The largest absolute Gasteiger partial charge is 0.236 e. The van der Waals surface area contributed by atoms with Gasteiger partial charge in [-0.15, -0.1) is 47.0 Å². The summed E-state index contributed by atoms with van der Waals surface area (Å²) in [5.41, 5.74) is 0. The third-order valence-electron chi connectivity index (χ3n) is 2.51. The third-order valence-corrected chi connectivity index (χ3v) is 8.02. The van der Waals surface area contributed by atoms with Gasteiger partial charge in [0.2, 0.25) is 24.3 Å². The van der Waals surface area contributed by atoms with Crippen LogP contribution in [0.4, 0.5) is 0 Å². The van der Waals surface area contributed by atoms with Gasteiger partial charge in [-0.25, -0.2) is 19.2 Å². The van der Waals surface area contributed by atoms with E-state index in [4.69, 9.17) is 0 Å². The summed E-state index contributed by atoms with van der Waals surface area (Å²) in [5.74, 6) is 2.82. The quantitative estimate of drug-likeness (QED) is 0.512. The van der Waals surface area contributed by atoms with E-state index in [0.29, 0.717) is 23.0 Å². The van der Waals surface area contributed by atoms with Crippen molar-refractivity contribution in [3.63, 3.8) is 0 Å². The maximum atomic E-state index is 9.88. The fourth-order valence-corrected chi connectivity index (χ4v) is 6.30. The smallest absolute Gasteiger partial charge is 0.211 e. The van der Waals surface area contributed by atoms with E-state index in [1.54, 1.807) is 0 Å². The third kappa shape index (κ3) is 8.68. The summed E-state index contributed by atoms with van der Waals surface area (Å²) in [6.07, 6.45) is 6.07. The Labute approximate surface area is 154 Å². The number of aliphatic imine (C=N–C) groups is 4. The van der Waals surface area contributed by atoms with Crippen molar-refractivity contribution in [1.82, 2.24) is 0 Å². The summed E-state index contributed by atoms with van der Waals surface area (Å²) in [6, 6.07) is 0. The molecule has 2 fully saturated rings. The lowest BCUT2D eigenvalue weighted by atomic mass is 10.7. The van der Waals surface area contributed by atoms with Gasteiger partial charge in [0.25, 0.3) is 0 Å². The van der Waals surface area contributed by atoms with Crippen LogP contribution in [0.1, 0.15) is 0 Å². The number of isocyanates is 4. The Bertz CT molecular complexity index is 476. The Morgan fingerprint density at radius 2 is 0.708 bits per heavy atom. The molecule has 8 nitrogen and oxygen atoms in total. The van der Waals surface area contributed by atoms with Crippen LogP contribution in [-0.2, 0) is 19.2 Å². The van der Waals surface area contributed by atoms with Gasteiger partial charge in [-0.1, -0.05) is 0 Å². The minimum Gasteiger partial charge on any atom is -0.211 e. The number of hydrogen-bond acceptors (Lipinski definition) is 12. The SMILES string of the molecule is O=C=NC1CSC(N=C=O)CS1.O=C=NC1CSC(N=C=O)CS1. The summed E-state index contributed by atoms with van der Waals surface area (Å²) in [5, 5.41) is -0.0904. The zero-order valence-electron chi connectivity index (χ0n) is 12.2. The van der Waals surface area contributed by atoms with Crippen LogP contribution in [0.2, 0.25) is 0 Å². The van der Waals surface area contributed by atoms with Crippen LogP contribution < -0.4 is 0 Å². The molecule has 4 unspecified atom stereocenters. The summed E-state index contributed by atoms with van der Waals surface area (Å²) in [6.45, 7) is 0. The summed E-state index contributed by atoms with van der Waals surface area (Å²) in [7, 11) is 0. The molecule has 2 aliphatic rings. The van der Waals surface area contributed by atoms with Crippen molar-refractivity contribution in [3.8, 4) is 0 Å². The summed E-state index contributed by atoms with van der Waals surface area (Å²) < 4.78 is 0. The van der Waals surface area contributed by atoms with E-state index in [-0.39, 0.29) is 21.5 Å². The molecule has 2 rings (SSSR count). The molecule has 0 radical (unpaired) electrons. The highest BCUT2D eigenvalue weighted by Crippen LogP contribution is 2.31. The predicted molar refractivity (Wildman–Crippen MR) is 97.5 cm³/mol. The van der Waals surface area contributed by atoms with Crippen LogP contribution in [0.3, 0.4) is 0 Å². The van der Waals surface area contributed by atoms with Crippen LogP contribution in [0.5, 0.6) is 0 Å². The predicted octanol–water partition coefficient (Wildman–Crippen LogP) is 1.58. The Balaban J connectivity index is 0.000000240. The lowest BCUT2D eigenvalue weighted by molar-refractivity contribution is 0.561. The van der Waals surface area contributed by atoms with Crippen molar-refractivity contribution < 1.29 is 19.2 Å². The molecule has 0 aromatic carbocycles. The average Bonchev–Trinajstić information content (AvgIpc) is 2.60. The van der Waals surface area contributed by atoms with Gasteiger partial charge >= 0.3 is 0 Å². The molecule has 2 saturated heterocycles. The summed E-state index contributed by atoms with van der Waals surface area (Å²) >= 11 is 6.05. The monoisotopic (exact) mass is 404 g/mol. The standard InChI is InChI=1S/2C6H6N2O2S2/c2*9-3-7-5-1-11-6(2-12-5)8-4-10/h2*5-6H,1-2H2. The maximum Gasteiger partial charge on any atom is 0.236 e. The highest BCUT2D eigenvalue weighted by molar-refractivity contribution is 8.07. The van der Waals surface area contributed by atoms with Gasteiger partial charge in [-0.2, -0.15) is 20.0 Å². The zero-order valence-corrected chi connectivity index (χ0v) is 15.5. The topological polar surface area (TPSA) is 118 Å². The molecule has 0 N–H and O–H groups in total. The van der Waals surface area contributed by atoms with E-state index in [9.17, 15) is 19.2 Å².